The Hall–Kier alpha value is -2.18. The zero-order valence-corrected chi connectivity index (χ0v) is 14.6. The lowest BCUT2D eigenvalue weighted by Gasteiger charge is -2.12. The van der Waals surface area contributed by atoms with Gasteiger partial charge in [0.15, 0.2) is 0 Å². The third-order valence-electron chi connectivity index (χ3n) is 3.67. The maximum Gasteiger partial charge on any atom is 0.123 e. The lowest BCUT2D eigenvalue weighted by atomic mass is 10.1. The molecule has 0 unspecified atom stereocenters. The van der Waals surface area contributed by atoms with E-state index in [-0.39, 0.29) is 5.82 Å². The molecule has 0 saturated heterocycles. The summed E-state index contributed by atoms with van der Waals surface area (Å²) < 4.78 is 20.7. The van der Waals surface area contributed by atoms with Crippen molar-refractivity contribution < 1.29 is 14.2 Å². The van der Waals surface area contributed by atoms with Crippen molar-refractivity contribution in [3.63, 3.8) is 0 Å². The van der Waals surface area contributed by atoms with E-state index in [1.807, 2.05) is 18.2 Å². The summed E-state index contributed by atoms with van der Waals surface area (Å²) in [6.45, 7) is 0.299. The minimum Gasteiger partial charge on any atom is -0.497 e. The Balaban J connectivity index is 1.80. The largest absolute Gasteiger partial charge is 0.497 e. The SMILES string of the molecule is COc1cccc([C@H](O)Cn2cc(Br)c(-c3ccc(F)cc3)n2)c1. The van der Waals surface area contributed by atoms with Gasteiger partial charge in [-0.3, -0.25) is 4.68 Å². The first-order valence-electron chi connectivity index (χ1n) is 7.37. The number of benzene rings is 2. The van der Waals surface area contributed by atoms with Gasteiger partial charge in [-0.2, -0.15) is 5.10 Å². The first-order valence-corrected chi connectivity index (χ1v) is 8.17. The van der Waals surface area contributed by atoms with E-state index in [0.717, 1.165) is 15.6 Å². The van der Waals surface area contributed by atoms with Gasteiger partial charge in [-0.05, 0) is 57.9 Å². The fraction of sp³-hybridized carbons (Fsp3) is 0.167. The molecule has 0 amide bonds. The number of aliphatic hydroxyl groups excluding tert-OH is 1. The molecule has 0 aliphatic carbocycles. The third kappa shape index (κ3) is 3.66. The molecule has 2 aromatic carbocycles. The number of rotatable bonds is 5. The van der Waals surface area contributed by atoms with Crippen LogP contribution >= 0.6 is 15.9 Å². The molecule has 4 nitrogen and oxygen atoms in total. The van der Waals surface area contributed by atoms with Crippen LogP contribution in [0.5, 0.6) is 5.75 Å². The molecule has 6 heteroatoms. The molecular formula is C18H16BrFN2O2. The number of nitrogens with zero attached hydrogens (tertiary/aromatic N) is 2. The monoisotopic (exact) mass is 390 g/mol. The van der Waals surface area contributed by atoms with Crippen molar-refractivity contribution in [3.8, 4) is 17.0 Å². The molecule has 0 radical (unpaired) electrons. The number of ether oxygens (including phenoxy) is 1. The molecule has 0 bridgehead atoms. The Morgan fingerprint density at radius 2 is 2.00 bits per heavy atom. The van der Waals surface area contributed by atoms with Gasteiger partial charge in [-0.1, -0.05) is 12.1 Å². The minimum absolute atomic E-state index is 0.289. The number of hydrogen-bond donors (Lipinski definition) is 1. The molecular weight excluding hydrogens is 375 g/mol. The van der Waals surface area contributed by atoms with E-state index in [1.54, 1.807) is 36.2 Å². The maximum absolute atomic E-state index is 13.0. The van der Waals surface area contributed by atoms with Crippen LogP contribution in [-0.4, -0.2) is 22.0 Å². The number of methoxy groups -OCH3 is 1. The lowest BCUT2D eigenvalue weighted by molar-refractivity contribution is 0.151. The second kappa shape index (κ2) is 7.15. The van der Waals surface area contributed by atoms with Gasteiger partial charge < -0.3 is 9.84 Å². The predicted octanol–water partition coefficient (Wildman–Crippen LogP) is 4.19. The molecule has 3 aromatic rings. The van der Waals surface area contributed by atoms with Crippen LogP contribution in [0.2, 0.25) is 0 Å². The second-order valence-electron chi connectivity index (χ2n) is 5.35. The highest BCUT2D eigenvalue weighted by Gasteiger charge is 2.14. The molecule has 124 valence electrons. The van der Waals surface area contributed by atoms with E-state index in [4.69, 9.17) is 4.74 Å². The van der Waals surface area contributed by atoms with Crippen LogP contribution in [0, 0.1) is 5.82 Å². The number of halogens is 2. The molecule has 0 saturated carbocycles. The van der Waals surface area contributed by atoms with Crippen LogP contribution in [-0.2, 0) is 6.54 Å². The first kappa shape index (κ1) is 16.7. The van der Waals surface area contributed by atoms with Gasteiger partial charge in [0.1, 0.15) is 17.3 Å². The Morgan fingerprint density at radius 1 is 1.25 bits per heavy atom. The highest BCUT2D eigenvalue weighted by Crippen LogP contribution is 2.28. The summed E-state index contributed by atoms with van der Waals surface area (Å²) in [6.07, 6.45) is 1.08. The van der Waals surface area contributed by atoms with Crippen LogP contribution in [0.25, 0.3) is 11.3 Å². The summed E-state index contributed by atoms with van der Waals surface area (Å²) in [6, 6.07) is 13.4. The molecule has 1 atom stereocenters. The zero-order chi connectivity index (χ0) is 17.1. The summed E-state index contributed by atoms with van der Waals surface area (Å²) in [5, 5.41) is 14.9. The summed E-state index contributed by atoms with van der Waals surface area (Å²) >= 11 is 3.46. The van der Waals surface area contributed by atoms with Crippen LogP contribution in [0.15, 0.2) is 59.2 Å². The molecule has 3 rings (SSSR count). The van der Waals surface area contributed by atoms with E-state index in [0.29, 0.717) is 18.0 Å². The number of aromatic nitrogens is 2. The topological polar surface area (TPSA) is 47.3 Å². The standard InChI is InChI=1S/C18H16BrFN2O2/c1-24-15-4-2-3-13(9-15)17(23)11-22-10-16(19)18(21-22)12-5-7-14(20)8-6-12/h2-10,17,23H,11H2,1H3/t17-/m1/s1. The van der Waals surface area contributed by atoms with Gasteiger partial charge in [0.05, 0.1) is 24.2 Å². The summed E-state index contributed by atoms with van der Waals surface area (Å²) in [5.74, 6) is 0.406. The Bertz CT molecular complexity index is 833. The third-order valence-corrected chi connectivity index (χ3v) is 4.25. The van der Waals surface area contributed by atoms with Crippen molar-refractivity contribution in [3.05, 3.63) is 70.6 Å². The highest BCUT2D eigenvalue weighted by molar-refractivity contribution is 9.10. The molecule has 1 aromatic heterocycles. The average molecular weight is 391 g/mol. The molecule has 24 heavy (non-hydrogen) atoms. The molecule has 0 aliphatic rings. The molecule has 1 heterocycles. The van der Waals surface area contributed by atoms with E-state index in [9.17, 15) is 9.50 Å². The molecule has 0 aliphatic heterocycles. The number of hydrogen-bond acceptors (Lipinski definition) is 3. The lowest BCUT2D eigenvalue weighted by Crippen LogP contribution is -2.09. The predicted molar refractivity (Wildman–Crippen MR) is 93.3 cm³/mol. The maximum atomic E-state index is 13.0. The fourth-order valence-corrected chi connectivity index (χ4v) is 2.97. The first-order chi connectivity index (χ1) is 11.6. The summed E-state index contributed by atoms with van der Waals surface area (Å²) in [4.78, 5) is 0. The van der Waals surface area contributed by atoms with Crippen LogP contribution < -0.4 is 4.74 Å². The Kier molecular flexibility index (Phi) is 4.97. The van der Waals surface area contributed by atoms with E-state index >= 15 is 0 Å². The quantitative estimate of drug-likeness (QED) is 0.710. The minimum atomic E-state index is -0.715. The average Bonchev–Trinajstić information content (AvgIpc) is 2.96. The van der Waals surface area contributed by atoms with Gasteiger partial charge in [-0.25, -0.2) is 4.39 Å². The molecule has 0 fully saturated rings. The zero-order valence-electron chi connectivity index (χ0n) is 13.0. The van der Waals surface area contributed by atoms with Gasteiger partial charge in [0, 0.05) is 11.8 Å². The van der Waals surface area contributed by atoms with Crippen molar-refractivity contribution >= 4 is 15.9 Å². The van der Waals surface area contributed by atoms with Gasteiger partial charge in [0.2, 0.25) is 0 Å². The Morgan fingerprint density at radius 3 is 2.71 bits per heavy atom. The van der Waals surface area contributed by atoms with Crippen molar-refractivity contribution in [1.82, 2.24) is 9.78 Å². The van der Waals surface area contributed by atoms with E-state index in [2.05, 4.69) is 21.0 Å². The smallest absolute Gasteiger partial charge is 0.123 e. The van der Waals surface area contributed by atoms with Crippen molar-refractivity contribution in [2.24, 2.45) is 0 Å². The molecule has 0 spiro atoms. The van der Waals surface area contributed by atoms with Crippen molar-refractivity contribution in [1.29, 1.82) is 0 Å². The highest BCUT2D eigenvalue weighted by atomic mass is 79.9. The Labute approximate surface area is 147 Å². The normalized spacial score (nSPS) is 12.2. The second-order valence-corrected chi connectivity index (χ2v) is 6.20. The summed E-state index contributed by atoms with van der Waals surface area (Å²) in [5.41, 5.74) is 2.26. The van der Waals surface area contributed by atoms with Gasteiger partial charge in [-0.15, -0.1) is 0 Å². The van der Waals surface area contributed by atoms with Gasteiger partial charge in [0.25, 0.3) is 0 Å². The van der Waals surface area contributed by atoms with Crippen LogP contribution in [0.1, 0.15) is 11.7 Å². The van der Waals surface area contributed by atoms with Crippen LogP contribution in [0.3, 0.4) is 0 Å². The number of aliphatic hydroxyl groups is 1. The van der Waals surface area contributed by atoms with E-state index in [1.165, 1.54) is 12.1 Å². The van der Waals surface area contributed by atoms with E-state index < -0.39 is 6.10 Å². The van der Waals surface area contributed by atoms with Crippen LogP contribution in [0.4, 0.5) is 4.39 Å². The van der Waals surface area contributed by atoms with Crippen molar-refractivity contribution in [2.45, 2.75) is 12.6 Å². The fourth-order valence-electron chi connectivity index (χ4n) is 2.43. The summed E-state index contributed by atoms with van der Waals surface area (Å²) in [7, 11) is 1.59. The van der Waals surface area contributed by atoms with Crippen molar-refractivity contribution in [2.75, 3.05) is 7.11 Å². The molecule has 1 N–H and O–H groups in total. The van der Waals surface area contributed by atoms with Gasteiger partial charge >= 0.3 is 0 Å².